The summed E-state index contributed by atoms with van der Waals surface area (Å²) < 4.78 is 0. The molecule has 122 valence electrons. The van der Waals surface area contributed by atoms with Gasteiger partial charge in [-0.1, -0.05) is 18.6 Å². The van der Waals surface area contributed by atoms with Crippen molar-refractivity contribution in [3.63, 3.8) is 0 Å². The molecule has 3 rings (SSSR count). The van der Waals surface area contributed by atoms with Gasteiger partial charge in [0.2, 0.25) is 5.91 Å². The summed E-state index contributed by atoms with van der Waals surface area (Å²) in [6.07, 6.45) is 5.51. The Labute approximate surface area is 138 Å². The van der Waals surface area contributed by atoms with Gasteiger partial charge in [-0.25, -0.2) is 0 Å². The zero-order valence-corrected chi connectivity index (χ0v) is 13.9. The van der Waals surface area contributed by atoms with Gasteiger partial charge in [0.25, 0.3) is 0 Å². The number of rotatable bonds is 4. The van der Waals surface area contributed by atoms with Gasteiger partial charge in [0.15, 0.2) is 0 Å². The van der Waals surface area contributed by atoms with Crippen molar-refractivity contribution in [2.24, 2.45) is 5.92 Å². The van der Waals surface area contributed by atoms with Gasteiger partial charge in [-0.05, 0) is 43.4 Å². The van der Waals surface area contributed by atoms with Crippen molar-refractivity contribution in [1.29, 1.82) is 5.26 Å². The highest BCUT2D eigenvalue weighted by atomic mass is 16.2. The van der Waals surface area contributed by atoms with Crippen LogP contribution in [-0.2, 0) is 11.3 Å². The summed E-state index contributed by atoms with van der Waals surface area (Å²) in [6, 6.07) is 10.4. The van der Waals surface area contributed by atoms with E-state index in [1.807, 2.05) is 36.2 Å². The fourth-order valence-corrected chi connectivity index (χ4v) is 3.53. The first-order valence-electron chi connectivity index (χ1n) is 8.65. The van der Waals surface area contributed by atoms with Crippen LogP contribution in [0.15, 0.2) is 24.3 Å². The maximum Gasteiger partial charge on any atom is 0.225 e. The largest absolute Gasteiger partial charge is 0.342 e. The molecule has 0 bridgehead atoms. The lowest BCUT2D eigenvalue weighted by Crippen LogP contribution is -2.48. The van der Waals surface area contributed by atoms with Gasteiger partial charge in [0, 0.05) is 38.6 Å². The standard InChI is InChI=1S/C19H25N3O/c1-21(19(23)17-3-2-4-17)18-9-11-22(12-10-18)14-16-7-5-15(13-20)6-8-16/h5-8,17-18H,2-4,9-12,14H2,1H3. The molecule has 1 aromatic carbocycles. The Kier molecular flexibility index (Phi) is 4.97. The van der Waals surface area contributed by atoms with Gasteiger partial charge < -0.3 is 4.90 Å². The predicted molar refractivity (Wildman–Crippen MR) is 89.6 cm³/mol. The van der Waals surface area contributed by atoms with E-state index >= 15 is 0 Å². The Bertz CT molecular complexity index is 578. The quantitative estimate of drug-likeness (QED) is 0.859. The summed E-state index contributed by atoms with van der Waals surface area (Å²) in [5.41, 5.74) is 1.96. The van der Waals surface area contributed by atoms with E-state index < -0.39 is 0 Å². The van der Waals surface area contributed by atoms with Crippen molar-refractivity contribution < 1.29 is 4.79 Å². The first-order valence-corrected chi connectivity index (χ1v) is 8.65. The summed E-state index contributed by atoms with van der Waals surface area (Å²) in [5.74, 6) is 0.665. The van der Waals surface area contributed by atoms with Crippen molar-refractivity contribution in [1.82, 2.24) is 9.80 Å². The molecule has 1 saturated carbocycles. The molecule has 1 aromatic rings. The minimum Gasteiger partial charge on any atom is -0.342 e. The Balaban J connectivity index is 1.47. The van der Waals surface area contributed by atoms with Crippen molar-refractivity contribution in [3.8, 4) is 6.07 Å². The number of hydrogen-bond donors (Lipinski definition) is 0. The number of amides is 1. The van der Waals surface area contributed by atoms with E-state index in [2.05, 4.69) is 11.0 Å². The molecule has 0 N–H and O–H groups in total. The molecule has 2 aliphatic rings. The summed E-state index contributed by atoms with van der Waals surface area (Å²) in [6.45, 7) is 3.00. The monoisotopic (exact) mass is 311 g/mol. The van der Waals surface area contributed by atoms with Gasteiger partial charge >= 0.3 is 0 Å². The van der Waals surface area contributed by atoms with Crippen LogP contribution in [0.5, 0.6) is 0 Å². The van der Waals surface area contributed by atoms with E-state index in [9.17, 15) is 4.79 Å². The van der Waals surface area contributed by atoms with Crippen LogP contribution in [-0.4, -0.2) is 41.9 Å². The Morgan fingerprint density at radius 1 is 1.22 bits per heavy atom. The summed E-state index contributed by atoms with van der Waals surface area (Å²) in [5, 5.41) is 8.84. The van der Waals surface area contributed by atoms with Crippen LogP contribution in [0.4, 0.5) is 0 Å². The van der Waals surface area contributed by atoms with Crippen LogP contribution in [0.25, 0.3) is 0 Å². The van der Waals surface area contributed by atoms with E-state index in [1.54, 1.807) is 0 Å². The van der Waals surface area contributed by atoms with Crippen molar-refractivity contribution in [2.75, 3.05) is 20.1 Å². The van der Waals surface area contributed by atoms with Gasteiger partial charge in [-0.2, -0.15) is 5.26 Å². The fraction of sp³-hybridized carbons (Fsp3) is 0.579. The van der Waals surface area contributed by atoms with E-state index in [0.717, 1.165) is 45.3 Å². The lowest BCUT2D eigenvalue weighted by molar-refractivity contribution is -0.139. The van der Waals surface area contributed by atoms with Crippen LogP contribution in [0.2, 0.25) is 0 Å². The minimum absolute atomic E-state index is 0.302. The third-order valence-electron chi connectivity index (χ3n) is 5.40. The number of carbonyl (C=O) groups excluding carboxylic acids is 1. The molecule has 1 heterocycles. The average molecular weight is 311 g/mol. The molecule has 0 unspecified atom stereocenters. The summed E-state index contributed by atoms with van der Waals surface area (Å²) in [4.78, 5) is 16.8. The van der Waals surface area contributed by atoms with Gasteiger partial charge in [-0.3, -0.25) is 9.69 Å². The molecule has 4 heteroatoms. The number of nitriles is 1. The smallest absolute Gasteiger partial charge is 0.225 e. The first-order chi connectivity index (χ1) is 11.2. The number of nitrogens with zero attached hydrogens (tertiary/aromatic N) is 3. The molecular formula is C19H25N3O. The normalized spacial score (nSPS) is 19.8. The molecule has 23 heavy (non-hydrogen) atoms. The van der Waals surface area contributed by atoms with E-state index in [4.69, 9.17) is 5.26 Å². The lowest BCUT2D eigenvalue weighted by Gasteiger charge is -2.39. The van der Waals surface area contributed by atoms with Crippen LogP contribution in [0, 0.1) is 17.2 Å². The topological polar surface area (TPSA) is 47.3 Å². The fourth-order valence-electron chi connectivity index (χ4n) is 3.53. The molecule has 2 fully saturated rings. The van der Waals surface area contributed by atoms with Gasteiger partial charge in [-0.15, -0.1) is 0 Å². The van der Waals surface area contributed by atoms with Crippen LogP contribution in [0.3, 0.4) is 0 Å². The van der Waals surface area contributed by atoms with E-state index in [0.29, 0.717) is 23.4 Å². The molecular weight excluding hydrogens is 286 g/mol. The Morgan fingerprint density at radius 2 is 1.87 bits per heavy atom. The second-order valence-corrected chi connectivity index (χ2v) is 6.89. The molecule has 1 aliphatic carbocycles. The Hall–Kier alpha value is -1.86. The van der Waals surface area contributed by atoms with Crippen molar-refractivity contribution in [2.45, 2.75) is 44.7 Å². The van der Waals surface area contributed by atoms with Gasteiger partial charge in [0.1, 0.15) is 0 Å². The summed E-state index contributed by atoms with van der Waals surface area (Å²) in [7, 11) is 1.99. The maximum atomic E-state index is 12.3. The van der Waals surface area contributed by atoms with Gasteiger partial charge in [0.05, 0.1) is 11.6 Å². The average Bonchev–Trinajstić information content (AvgIpc) is 2.54. The SMILES string of the molecule is CN(C(=O)C1CCC1)C1CCN(Cc2ccc(C#N)cc2)CC1. The number of likely N-dealkylation sites (tertiary alicyclic amines) is 1. The van der Waals surface area contributed by atoms with Crippen LogP contribution < -0.4 is 0 Å². The van der Waals surface area contributed by atoms with E-state index in [-0.39, 0.29) is 0 Å². The van der Waals surface area contributed by atoms with Crippen LogP contribution in [0.1, 0.15) is 43.2 Å². The molecule has 0 radical (unpaired) electrons. The van der Waals surface area contributed by atoms with E-state index in [1.165, 1.54) is 12.0 Å². The number of piperidine rings is 1. The number of carbonyl (C=O) groups is 1. The van der Waals surface area contributed by atoms with Crippen molar-refractivity contribution >= 4 is 5.91 Å². The first kappa shape index (κ1) is 16.0. The molecule has 4 nitrogen and oxygen atoms in total. The predicted octanol–water partition coefficient (Wildman–Crippen LogP) is 2.78. The summed E-state index contributed by atoms with van der Waals surface area (Å²) >= 11 is 0. The molecule has 0 atom stereocenters. The number of benzene rings is 1. The molecule has 1 saturated heterocycles. The highest BCUT2D eigenvalue weighted by Gasteiger charge is 2.32. The lowest BCUT2D eigenvalue weighted by atomic mass is 9.84. The Morgan fingerprint density at radius 3 is 2.39 bits per heavy atom. The van der Waals surface area contributed by atoms with Crippen molar-refractivity contribution in [3.05, 3.63) is 35.4 Å². The molecule has 0 aromatic heterocycles. The minimum atomic E-state index is 0.302. The highest BCUT2D eigenvalue weighted by Crippen LogP contribution is 2.29. The highest BCUT2D eigenvalue weighted by molar-refractivity contribution is 5.79. The maximum absolute atomic E-state index is 12.3. The zero-order valence-electron chi connectivity index (χ0n) is 13.9. The third kappa shape index (κ3) is 3.73. The third-order valence-corrected chi connectivity index (χ3v) is 5.40. The number of hydrogen-bond acceptors (Lipinski definition) is 3. The van der Waals surface area contributed by atoms with Crippen LogP contribution >= 0.6 is 0 Å². The molecule has 1 aliphatic heterocycles. The second-order valence-electron chi connectivity index (χ2n) is 6.89. The molecule has 1 amide bonds. The second kappa shape index (κ2) is 7.14. The zero-order chi connectivity index (χ0) is 16.2. The molecule has 0 spiro atoms.